The van der Waals surface area contributed by atoms with Crippen molar-refractivity contribution in [2.24, 2.45) is 0 Å². The smallest absolute Gasteiger partial charge is 0.0711 e. The number of aromatic nitrogens is 1. The minimum Gasteiger partial charge on any atom is -0.309 e. The Balaban J connectivity index is 0.860. The van der Waals surface area contributed by atoms with E-state index in [1.54, 1.807) is 0 Å². The summed E-state index contributed by atoms with van der Waals surface area (Å²) in [5.41, 5.74) is 19.3. The topological polar surface area (TPSA) is 8.17 Å². The van der Waals surface area contributed by atoms with E-state index in [1.807, 2.05) is 0 Å². The molecule has 0 fully saturated rings. The number of rotatable bonds is 8. The number of nitrogens with zero attached hydrogens (tertiary/aromatic N) is 2. The van der Waals surface area contributed by atoms with Crippen molar-refractivity contribution in [2.75, 3.05) is 4.90 Å². The molecule has 0 N–H and O–H groups in total. The third-order valence-electron chi connectivity index (χ3n) is 15.3. The molecule has 1 aromatic heterocycles. The van der Waals surface area contributed by atoms with Crippen LogP contribution in [0, 0.1) is 0 Å². The third kappa shape index (κ3) is 6.49. The zero-order valence-corrected chi connectivity index (χ0v) is 39.2. The van der Waals surface area contributed by atoms with Crippen LogP contribution >= 0.6 is 0 Å². The summed E-state index contributed by atoms with van der Waals surface area (Å²) in [6, 6.07) is 92.1. The van der Waals surface area contributed by atoms with E-state index in [1.165, 1.54) is 105 Å². The van der Waals surface area contributed by atoms with Crippen molar-refractivity contribution in [1.29, 1.82) is 0 Å². The Hall–Kier alpha value is -8.98. The van der Waals surface area contributed by atoms with Gasteiger partial charge in [-0.05, 0) is 140 Å². The molecule has 0 aliphatic heterocycles. The molecule has 0 saturated heterocycles. The summed E-state index contributed by atoms with van der Waals surface area (Å²) in [7, 11) is 0. The van der Waals surface area contributed by atoms with Crippen LogP contribution in [0.4, 0.5) is 17.1 Å². The first-order valence-corrected chi connectivity index (χ1v) is 24.9. The van der Waals surface area contributed by atoms with E-state index in [9.17, 15) is 0 Å². The van der Waals surface area contributed by atoms with Gasteiger partial charge in [0.2, 0.25) is 0 Å². The highest BCUT2D eigenvalue weighted by Crippen LogP contribution is 2.57. The first-order chi connectivity index (χ1) is 35.2. The van der Waals surface area contributed by atoms with Gasteiger partial charge >= 0.3 is 0 Å². The van der Waals surface area contributed by atoms with Gasteiger partial charge in [0, 0.05) is 32.9 Å². The van der Waals surface area contributed by atoms with Gasteiger partial charge in [-0.1, -0.05) is 206 Å². The maximum Gasteiger partial charge on any atom is 0.0711 e. The van der Waals surface area contributed by atoms with Crippen molar-refractivity contribution in [1.82, 2.24) is 4.57 Å². The van der Waals surface area contributed by atoms with E-state index in [-0.39, 0.29) is 0 Å². The van der Waals surface area contributed by atoms with E-state index in [0.717, 1.165) is 29.9 Å². The van der Waals surface area contributed by atoms with Crippen molar-refractivity contribution in [2.45, 2.75) is 18.3 Å². The number of benzene rings is 11. The van der Waals surface area contributed by atoms with Gasteiger partial charge in [-0.25, -0.2) is 0 Å². The molecule has 12 aromatic rings. The molecule has 2 aliphatic carbocycles. The molecule has 71 heavy (non-hydrogen) atoms. The van der Waals surface area contributed by atoms with Gasteiger partial charge in [-0.15, -0.1) is 0 Å². The van der Waals surface area contributed by atoms with Gasteiger partial charge in [0.15, 0.2) is 0 Å². The first-order valence-electron chi connectivity index (χ1n) is 24.9. The summed E-state index contributed by atoms with van der Waals surface area (Å²) in [4.78, 5) is 2.42. The second-order valence-corrected chi connectivity index (χ2v) is 19.1. The largest absolute Gasteiger partial charge is 0.309 e. The van der Waals surface area contributed by atoms with Crippen molar-refractivity contribution in [3.05, 3.63) is 289 Å². The minimum atomic E-state index is -0.426. The predicted octanol–water partition coefficient (Wildman–Crippen LogP) is 18.5. The number of fused-ring (bicyclic) bond motifs is 8. The quantitative estimate of drug-likeness (QED) is 0.147. The van der Waals surface area contributed by atoms with Gasteiger partial charge in [-0.2, -0.15) is 0 Å². The molecule has 14 rings (SSSR count). The van der Waals surface area contributed by atoms with Crippen LogP contribution in [-0.2, 0) is 5.41 Å². The predicted molar refractivity (Wildman–Crippen MR) is 300 cm³/mol. The fourth-order valence-electron chi connectivity index (χ4n) is 12.1. The van der Waals surface area contributed by atoms with Crippen LogP contribution in [0.15, 0.2) is 273 Å². The van der Waals surface area contributed by atoms with Gasteiger partial charge < -0.3 is 9.47 Å². The normalized spacial score (nSPS) is 15.0. The standard InChI is InChI=1S/C69H48N2/c1-3-24-53(25-4-1)69(54-26-5-2-6-27-54)63-32-13-11-30-59(63)60-42-41-56(46-64(60)69)71-67-33-14-12-31-61(67)62-45-52(38-43-68(62)71)51-23-15-22-50(44-51)47-36-39-55(40-37-47)70(65-34-16-20-48-18-7-9-28-57(48)65)66-35-17-21-49-19-8-10-29-58(49)66/h1,3-5,7-46H,2,6H2. The summed E-state index contributed by atoms with van der Waals surface area (Å²) >= 11 is 0. The number of anilines is 3. The van der Waals surface area contributed by atoms with Gasteiger partial charge in [0.1, 0.15) is 0 Å². The van der Waals surface area contributed by atoms with Gasteiger partial charge in [0.05, 0.1) is 27.8 Å². The Morgan fingerprint density at radius 2 is 0.972 bits per heavy atom. The molecule has 0 bridgehead atoms. The highest BCUT2D eigenvalue weighted by atomic mass is 15.1. The summed E-state index contributed by atoms with van der Waals surface area (Å²) < 4.78 is 2.48. The van der Waals surface area contributed by atoms with Crippen LogP contribution in [0.5, 0.6) is 0 Å². The summed E-state index contributed by atoms with van der Waals surface area (Å²) in [6.07, 6.45) is 9.33. The lowest BCUT2D eigenvalue weighted by molar-refractivity contribution is 0.751. The molecule has 0 radical (unpaired) electrons. The lowest BCUT2D eigenvalue weighted by Gasteiger charge is -2.35. The Morgan fingerprint density at radius 1 is 0.380 bits per heavy atom. The molecular weight excluding hydrogens is 857 g/mol. The van der Waals surface area contributed by atoms with Crippen molar-refractivity contribution >= 4 is 60.4 Å². The maximum absolute atomic E-state index is 2.49. The van der Waals surface area contributed by atoms with E-state index in [2.05, 4.69) is 276 Å². The average Bonchev–Trinajstić information content (AvgIpc) is 3.94. The molecule has 1 unspecified atom stereocenters. The lowest BCUT2D eigenvalue weighted by atomic mass is 9.66. The van der Waals surface area contributed by atoms with E-state index in [0.29, 0.717) is 0 Å². The average molecular weight is 905 g/mol. The molecule has 2 heteroatoms. The van der Waals surface area contributed by atoms with Crippen LogP contribution < -0.4 is 4.90 Å². The zero-order chi connectivity index (χ0) is 46.9. The second-order valence-electron chi connectivity index (χ2n) is 19.1. The second kappa shape index (κ2) is 16.6. The summed E-state index contributed by atoms with van der Waals surface area (Å²) in [5, 5.41) is 7.36. The Bertz CT molecular complexity index is 4020. The molecule has 0 saturated carbocycles. The number of allylic oxidation sites excluding steroid dienone is 4. The molecule has 2 aliphatic rings. The zero-order valence-electron chi connectivity index (χ0n) is 39.2. The Labute approximate surface area is 414 Å². The summed E-state index contributed by atoms with van der Waals surface area (Å²) in [5.74, 6) is 0. The fraction of sp³-hybridized carbons (Fsp3) is 0.0435. The van der Waals surface area contributed by atoms with Crippen molar-refractivity contribution < 1.29 is 0 Å². The van der Waals surface area contributed by atoms with E-state index in [4.69, 9.17) is 0 Å². The number of hydrogen-bond donors (Lipinski definition) is 0. The van der Waals surface area contributed by atoms with Crippen molar-refractivity contribution in [3.63, 3.8) is 0 Å². The minimum absolute atomic E-state index is 0.426. The van der Waals surface area contributed by atoms with E-state index < -0.39 is 5.41 Å². The molecule has 0 amide bonds. The molecule has 0 spiro atoms. The molecule has 1 atom stereocenters. The van der Waals surface area contributed by atoms with Crippen LogP contribution in [0.3, 0.4) is 0 Å². The van der Waals surface area contributed by atoms with Gasteiger partial charge in [0.25, 0.3) is 0 Å². The SMILES string of the molecule is C1=CC(C2(c3ccccc3)c3ccccc3-c3ccc(-n4c5ccccc5c5cc(-c6cccc(-c7ccc(N(c8cccc9ccccc89)c8cccc9ccccc89)cc7)c6)ccc54)cc32)=CCC1. The fourth-order valence-corrected chi connectivity index (χ4v) is 12.1. The highest BCUT2D eigenvalue weighted by Gasteiger charge is 2.47. The third-order valence-corrected chi connectivity index (χ3v) is 15.3. The number of hydrogen-bond acceptors (Lipinski definition) is 1. The lowest BCUT2D eigenvalue weighted by Crippen LogP contribution is -2.29. The molecular formula is C69H48N2. The monoisotopic (exact) mass is 904 g/mol. The van der Waals surface area contributed by atoms with Gasteiger partial charge in [-0.3, -0.25) is 0 Å². The molecule has 334 valence electrons. The molecule has 11 aromatic carbocycles. The molecule has 1 heterocycles. The van der Waals surface area contributed by atoms with Crippen LogP contribution in [0.25, 0.3) is 82.4 Å². The molecule has 2 nitrogen and oxygen atoms in total. The number of para-hydroxylation sites is 1. The highest BCUT2D eigenvalue weighted by molar-refractivity contribution is 6.11. The maximum atomic E-state index is 2.49. The van der Waals surface area contributed by atoms with Crippen molar-refractivity contribution in [3.8, 4) is 39.1 Å². The van der Waals surface area contributed by atoms with E-state index >= 15 is 0 Å². The van der Waals surface area contributed by atoms with Crippen LogP contribution in [0.1, 0.15) is 29.5 Å². The van der Waals surface area contributed by atoms with Crippen LogP contribution in [0.2, 0.25) is 0 Å². The summed E-state index contributed by atoms with van der Waals surface area (Å²) in [6.45, 7) is 0. The first kappa shape index (κ1) is 41.0. The van der Waals surface area contributed by atoms with Crippen LogP contribution in [-0.4, -0.2) is 4.57 Å². The Kier molecular flexibility index (Phi) is 9.60. The Morgan fingerprint density at radius 3 is 1.72 bits per heavy atom.